The number of anilines is 2. The number of amides is 1. The number of H-pyrrole nitrogens is 1. The highest BCUT2D eigenvalue weighted by Gasteiger charge is 2.30. The fraction of sp³-hybridized carbons (Fsp3) is 0.350. The topological polar surface area (TPSA) is 109 Å². The molecular formula is C20H21N7O2S. The number of hydrogen-bond donors (Lipinski definition) is 2. The zero-order valence-electron chi connectivity index (χ0n) is 16.9. The molecule has 0 saturated carbocycles. The minimum atomic E-state index is 0.0257. The first-order chi connectivity index (χ1) is 14.5. The summed E-state index contributed by atoms with van der Waals surface area (Å²) < 4.78 is 5.46. The number of thiophene rings is 1. The van der Waals surface area contributed by atoms with Crippen LogP contribution in [-0.4, -0.2) is 57.2 Å². The smallest absolute Gasteiger partial charge is 0.239 e. The molecule has 9 nitrogen and oxygen atoms in total. The van der Waals surface area contributed by atoms with E-state index in [4.69, 9.17) is 4.74 Å². The molecule has 0 fully saturated rings. The Morgan fingerprint density at radius 3 is 3.03 bits per heavy atom. The highest BCUT2D eigenvalue weighted by Crippen LogP contribution is 2.41. The van der Waals surface area contributed by atoms with Crippen molar-refractivity contribution in [2.24, 2.45) is 5.92 Å². The van der Waals surface area contributed by atoms with Gasteiger partial charge in [-0.2, -0.15) is 10.1 Å². The quantitative estimate of drug-likeness (QED) is 0.519. The summed E-state index contributed by atoms with van der Waals surface area (Å²) >= 11 is 1.65. The molecule has 4 heterocycles. The Kier molecular flexibility index (Phi) is 4.50. The number of pyridine rings is 1. The number of fused-ring (bicyclic) bond motifs is 4. The minimum absolute atomic E-state index is 0.0257. The third kappa shape index (κ3) is 3.04. The molecule has 10 heteroatoms. The van der Waals surface area contributed by atoms with Gasteiger partial charge in [-0.15, -0.1) is 11.3 Å². The average Bonchev–Trinajstić information content (AvgIpc) is 3.35. The van der Waals surface area contributed by atoms with Crippen molar-refractivity contribution in [1.29, 1.82) is 0 Å². The van der Waals surface area contributed by atoms with E-state index in [2.05, 4.69) is 30.5 Å². The van der Waals surface area contributed by atoms with Gasteiger partial charge < -0.3 is 15.0 Å². The van der Waals surface area contributed by atoms with Gasteiger partial charge in [-0.3, -0.25) is 9.89 Å². The Bertz CT molecular complexity index is 1260. The van der Waals surface area contributed by atoms with E-state index in [1.165, 1.54) is 10.4 Å². The van der Waals surface area contributed by atoms with Crippen molar-refractivity contribution in [3.8, 4) is 5.88 Å². The van der Waals surface area contributed by atoms with E-state index >= 15 is 0 Å². The van der Waals surface area contributed by atoms with Crippen molar-refractivity contribution < 1.29 is 9.53 Å². The molecule has 0 spiro atoms. The van der Waals surface area contributed by atoms with Gasteiger partial charge in [0.1, 0.15) is 22.7 Å². The Morgan fingerprint density at radius 2 is 2.23 bits per heavy atom. The third-order valence-electron chi connectivity index (χ3n) is 5.47. The lowest BCUT2D eigenvalue weighted by Crippen LogP contribution is -2.32. The normalized spacial score (nSPS) is 15.9. The molecule has 4 aromatic heterocycles. The third-order valence-corrected chi connectivity index (χ3v) is 6.64. The van der Waals surface area contributed by atoms with Gasteiger partial charge in [-0.1, -0.05) is 0 Å². The summed E-state index contributed by atoms with van der Waals surface area (Å²) in [6.07, 6.45) is 5.69. The van der Waals surface area contributed by atoms with Crippen molar-refractivity contribution in [2.75, 3.05) is 26.5 Å². The van der Waals surface area contributed by atoms with Crippen LogP contribution < -0.4 is 10.1 Å². The first kappa shape index (κ1) is 18.7. The van der Waals surface area contributed by atoms with E-state index < -0.39 is 0 Å². The van der Waals surface area contributed by atoms with E-state index in [1.54, 1.807) is 35.9 Å². The zero-order chi connectivity index (χ0) is 20.8. The number of hydrogen-bond acceptors (Lipinski definition) is 8. The van der Waals surface area contributed by atoms with Crippen molar-refractivity contribution in [1.82, 2.24) is 30.0 Å². The summed E-state index contributed by atoms with van der Waals surface area (Å²) in [5.41, 5.74) is 2.61. The Balaban J connectivity index is 1.55. The monoisotopic (exact) mass is 423 g/mol. The standard InChI is InChI=1S/C20H21N7O2S/c1-27(2)20(28)10-4-5-12-14(7-10)30-19-15(12)17(21-9-22-19)24-13-6-11-8-23-26-16(11)25-18(13)29-3/h6,8-10H,4-5,7H2,1-3H3,(H,21,22,24)(H,23,25,26)/t10-/m0/s1. The summed E-state index contributed by atoms with van der Waals surface area (Å²) in [6, 6.07) is 1.93. The van der Waals surface area contributed by atoms with Gasteiger partial charge in [0, 0.05) is 30.3 Å². The van der Waals surface area contributed by atoms with Crippen molar-refractivity contribution in [2.45, 2.75) is 19.3 Å². The van der Waals surface area contributed by atoms with Gasteiger partial charge >= 0.3 is 0 Å². The summed E-state index contributed by atoms with van der Waals surface area (Å²) in [7, 11) is 5.21. The van der Waals surface area contributed by atoms with E-state index in [9.17, 15) is 4.79 Å². The molecule has 1 aliphatic rings. The Labute approximate surface area is 176 Å². The van der Waals surface area contributed by atoms with Crippen LogP contribution in [0.3, 0.4) is 0 Å². The largest absolute Gasteiger partial charge is 0.479 e. The maximum absolute atomic E-state index is 12.4. The number of methoxy groups -OCH3 is 1. The van der Waals surface area contributed by atoms with Crippen molar-refractivity contribution in [3.63, 3.8) is 0 Å². The molecule has 30 heavy (non-hydrogen) atoms. The van der Waals surface area contributed by atoms with Gasteiger partial charge in [0.15, 0.2) is 5.65 Å². The maximum Gasteiger partial charge on any atom is 0.239 e. The molecule has 154 valence electrons. The highest BCUT2D eigenvalue weighted by molar-refractivity contribution is 7.19. The molecule has 1 aliphatic carbocycles. The molecule has 1 atom stereocenters. The number of nitrogens with zero attached hydrogens (tertiary/aromatic N) is 5. The Hall–Kier alpha value is -3.27. The highest BCUT2D eigenvalue weighted by atomic mass is 32.1. The van der Waals surface area contributed by atoms with Crippen LogP contribution in [0.1, 0.15) is 16.9 Å². The van der Waals surface area contributed by atoms with Gasteiger partial charge in [0.2, 0.25) is 11.8 Å². The number of aryl methyl sites for hydroxylation is 1. The molecule has 4 aromatic rings. The van der Waals surface area contributed by atoms with Crippen molar-refractivity contribution in [3.05, 3.63) is 29.0 Å². The fourth-order valence-corrected chi connectivity index (χ4v) is 5.28. The number of aromatic amines is 1. The number of carbonyl (C=O) groups excluding carboxylic acids is 1. The van der Waals surface area contributed by atoms with Crippen LogP contribution in [-0.2, 0) is 17.6 Å². The summed E-state index contributed by atoms with van der Waals surface area (Å²) in [5.74, 6) is 1.39. The lowest BCUT2D eigenvalue weighted by Gasteiger charge is -2.24. The van der Waals surface area contributed by atoms with E-state index in [0.717, 1.165) is 40.7 Å². The SMILES string of the molecule is COc1nc2[nH]ncc2cc1Nc1ncnc2sc3c(c12)CC[C@H](C(=O)N(C)C)C3. The minimum Gasteiger partial charge on any atom is -0.479 e. The molecule has 0 saturated heterocycles. The fourth-order valence-electron chi connectivity index (χ4n) is 4.02. The molecule has 5 rings (SSSR count). The van der Waals surface area contributed by atoms with Crippen LogP contribution in [0.15, 0.2) is 18.6 Å². The first-order valence-electron chi connectivity index (χ1n) is 9.66. The Morgan fingerprint density at radius 1 is 1.37 bits per heavy atom. The number of rotatable bonds is 4. The number of nitrogens with one attached hydrogen (secondary N) is 2. The lowest BCUT2D eigenvalue weighted by atomic mass is 9.87. The molecule has 0 unspecified atom stereocenters. The summed E-state index contributed by atoms with van der Waals surface area (Å²) in [5, 5.41) is 12.2. The predicted octanol–water partition coefficient (Wildman–Crippen LogP) is 2.91. The molecular weight excluding hydrogens is 402 g/mol. The van der Waals surface area contributed by atoms with Gasteiger partial charge in [0.25, 0.3) is 0 Å². The van der Waals surface area contributed by atoms with Crippen molar-refractivity contribution >= 4 is 50.0 Å². The second-order valence-corrected chi connectivity index (χ2v) is 8.64. The second kappa shape index (κ2) is 7.21. The van der Waals surface area contributed by atoms with Gasteiger partial charge in [-0.25, -0.2) is 9.97 Å². The molecule has 0 bridgehead atoms. The first-order valence-corrected chi connectivity index (χ1v) is 10.5. The maximum atomic E-state index is 12.4. The predicted molar refractivity (Wildman–Crippen MR) is 115 cm³/mol. The van der Waals surface area contributed by atoms with Crippen LogP contribution in [0.2, 0.25) is 0 Å². The summed E-state index contributed by atoms with van der Waals surface area (Å²) in [6.45, 7) is 0. The molecule has 2 N–H and O–H groups in total. The second-order valence-electron chi connectivity index (χ2n) is 7.56. The van der Waals surface area contributed by atoms with Crippen LogP contribution >= 0.6 is 11.3 Å². The van der Waals surface area contributed by atoms with E-state index in [-0.39, 0.29) is 11.8 Å². The van der Waals surface area contributed by atoms with Gasteiger partial charge in [-0.05, 0) is 30.9 Å². The zero-order valence-corrected chi connectivity index (χ0v) is 17.7. The van der Waals surface area contributed by atoms with Crippen LogP contribution in [0, 0.1) is 5.92 Å². The van der Waals surface area contributed by atoms with E-state index in [1.807, 2.05) is 20.2 Å². The molecule has 0 aliphatic heterocycles. The lowest BCUT2D eigenvalue weighted by molar-refractivity contribution is -0.133. The van der Waals surface area contributed by atoms with Crippen LogP contribution in [0.5, 0.6) is 5.88 Å². The number of aromatic nitrogens is 5. The van der Waals surface area contributed by atoms with Gasteiger partial charge in [0.05, 0.1) is 18.7 Å². The molecule has 0 aromatic carbocycles. The van der Waals surface area contributed by atoms with E-state index in [0.29, 0.717) is 17.2 Å². The van der Waals surface area contributed by atoms with Crippen LogP contribution in [0.4, 0.5) is 11.5 Å². The number of ether oxygens (including phenoxy) is 1. The summed E-state index contributed by atoms with van der Waals surface area (Å²) in [4.78, 5) is 29.7. The average molecular weight is 424 g/mol. The molecule has 1 amide bonds. The number of carbonyl (C=O) groups is 1. The molecule has 0 radical (unpaired) electrons. The van der Waals surface area contributed by atoms with Crippen LogP contribution in [0.25, 0.3) is 21.3 Å².